The number of cyclic esters (lactones) is 1. The molecule has 0 saturated carbocycles. The first kappa shape index (κ1) is 34.1. The molecular weight excluding hydrogens is 678 g/mol. The average Bonchev–Trinajstić information content (AvgIpc) is 3.66. The fourth-order valence-corrected chi connectivity index (χ4v) is 8.27. The van der Waals surface area contributed by atoms with E-state index in [2.05, 4.69) is 21.2 Å². The lowest BCUT2D eigenvalue weighted by Gasteiger charge is -2.43. The number of nitrogens with zero attached hydrogens (tertiary/aromatic N) is 2. The number of carbonyl (C=O) groups excluding carboxylic acids is 4. The molecule has 0 aliphatic carbocycles. The van der Waals surface area contributed by atoms with Gasteiger partial charge in [-0.25, -0.2) is 0 Å². The van der Waals surface area contributed by atoms with Crippen LogP contribution >= 0.6 is 15.9 Å². The smallest absolute Gasteiger partial charge is 0.306 e. The molecule has 48 heavy (non-hydrogen) atoms. The Hall–Kier alpha value is -3.80. The number of rotatable bonds is 5. The Balaban J connectivity index is 1.47. The van der Waals surface area contributed by atoms with Crippen molar-refractivity contribution < 1.29 is 33.8 Å². The zero-order valence-corrected chi connectivity index (χ0v) is 29.0. The van der Waals surface area contributed by atoms with E-state index in [1.165, 1.54) is 4.90 Å². The summed E-state index contributed by atoms with van der Waals surface area (Å²) in [7, 11) is 0. The number of benzene rings is 2. The molecule has 4 aliphatic heterocycles. The van der Waals surface area contributed by atoms with E-state index >= 15 is 0 Å². The van der Waals surface area contributed by atoms with E-state index in [1.807, 2.05) is 93.6 Å². The summed E-state index contributed by atoms with van der Waals surface area (Å²) in [5.41, 5.74) is -0.495. The largest absolute Gasteiger partial charge is 0.463 e. The van der Waals surface area contributed by atoms with Gasteiger partial charge in [0.1, 0.15) is 24.4 Å². The van der Waals surface area contributed by atoms with Crippen LogP contribution in [0.1, 0.15) is 50.8 Å². The monoisotopic (exact) mass is 719 g/mol. The van der Waals surface area contributed by atoms with Crippen molar-refractivity contribution in [3.8, 4) is 0 Å². The van der Waals surface area contributed by atoms with Crippen LogP contribution in [0.15, 0.2) is 83.4 Å². The van der Waals surface area contributed by atoms with Crippen molar-refractivity contribution >= 4 is 39.6 Å². The summed E-state index contributed by atoms with van der Waals surface area (Å²) in [6.45, 7) is 5.48. The highest BCUT2D eigenvalue weighted by molar-refractivity contribution is 9.11. The standard InChI is InChI=1S/C37H42BrN3O7/c1-36(2,3)40-18-12-6-11-17-28(43)47-22-27(24-15-9-5-10-16-24)39-33(44)29-30-34(45)41(25(21-42)19-23-13-7-4-8-14-23)32(35(40)46)37(30)20-26(38)31(29)48-37/h4-10,12-16,20,25,27,29-32,42H,11,17-19,21-22H2,1-3H3,(H,39,44)/b12-6-/t25-,27-,29-,30+,31-,32-,37+/m1/s1. The highest BCUT2D eigenvalue weighted by Crippen LogP contribution is 2.59. The van der Waals surface area contributed by atoms with Gasteiger partial charge in [-0.1, -0.05) is 88.7 Å². The van der Waals surface area contributed by atoms with E-state index < -0.39 is 71.6 Å². The molecule has 5 bridgehead atoms. The van der Waals surface area contributed by atoms with Gasteiger partial charge in [-0.05, 0) is 50.8 Å². The van der Waals surface area contributed by atoms with Gasteiger partial charge in [0.25, 0.3) is 0 Å². The first-order chi connectivity index (χ1) is 23.0. The zero-order chi connectivity index (χ0) is 34.2. The maximum atomic E-state index is 15.0. The number of aliphatic hydroxyl groups is 1. The summed E-state index contributed by atoms with van der Waals surface area (Å²) in [6.07, 6.45) is 5.51. The molecule has 0 radical (unpaired) electrons. The Labute approximate surface area is 289 Å². The molecule has 11 heteroatoms. The van der Waals surface area contributed by atoms with Crippen molar-refractivity contribution in [3.05, 3.63) is 94.5 Å². The number of aliphatic hydroxyl groups excluding tert-OH is 1. The van der Waals surface area contributed by atoms with Crippen LogP contribution < -0.4 is 5.32 Å². The molecule has 1 spiro atoms. The van der Waals surface area contributed by atoms with Gasteiger partial charge in [0.2, 0.25) is 17.7 Å². The molecule has 2 aromatic carbocycles. The van der Waals surface area contributed by atoms with Crippen LogP contribution in [0, 0.1) is 11.8 Å². The number of nitrogens with one attached hydrogen (secondary N) is 1. The third-order valence-electron chi connectivity index (χ3n) is 9.79. The number of amides is 3. The summed E-state index contributed by atoms with van der Waals surface area (Å²) in [6, 6.07) is 16.1. The molecule has 0 unspecified atom stereocenters. The maximum absolute atomic E-state index is 15.0. The van der Waals surface area contributed by atoms with Crippen molar-refractivity contribution in [2.24, 2.45) is 11.8 Å². The second kappa shape index (κ2) is 13.6. The van der Waals surface area contributed by atoms with Crippen molar-refractivity contribution in [2.45, 2.75) is 75.4 Å². The minimum atomic E-state index is -1.46. The quantitative estimate of drug-likeness (QED) is 0.356. The minimum Gasteiger partial charge on any atom is -0.463 e. The normalized spacial score (nSPS) is 30.9. The lowest BCUT2D eigenvalue weighted by atomic mass is 9.73. The van der Waals surface area contributed by atoms with Crippen LogP contribution in [-0.4, -0.2) is 87.7 Å². The van der Waals surface area contributed by atoms with Gasteiger partial charge in [-0.15, -0.1) is 0 Å². The molecule has 4 aliphatic rings. The van der Waals surface area contributed by atoms with Crippen LogP contribution in [0.25, 0.3) is 0 Å². The number of halogens is 1. The topological polar surface area (TPSA) is 125 Å². The van der Waals surface area contributed by atoms with Crippen LogP contribution in [-0.2, 0) is 35.1 Å². The van der Waals surface area contributed by atoms with E-state index in [0.717, 1.165) is 11.1 Å². The molecule has 10 nitrogen and oxygen atoms in total. The van der Waals surface area contributed by atoms with Gasteiger partial charge in [0.15, 0.2) is 0 Å². The molecule has 4 heterocycles. The lowest BCUT2D eigenvalue weighted by Crippen LogP contribution is -2.61. The van der Waals surface area contributed by atoms with Crippen molar-refractivity contribution in [1.29, 1.82) is 0 Å². The highest BCUT2D eigenvalue weighted by Gasteiger charge is 2.75. The molecule has 2 fully saturated rings. The first-order valence-corrected chi connectivity index (χ1v) is 17.3. The Morgan fingerprint density at radius 2 is 1.69 bits per heavy atom. The van der Waals surface area contributed by atoms with Crippen molar-refractivity contribution in [2.75, 3.05) is 19.8 Å². The average molecular weight is 721 g/mol. The van der Waals surface area contributed by atoms with E-state index in [-0.39, 0.29) is 25.5 Å². The van der Waals surface area contributed by atoms with Crippen molar-refractivity contribution in [3.63, 3.8) is 0 Å². The molecular formula is C37H42BrN3O7. The third-order valence-corrected chi connectivity index (χ3v) is 10.5. The second-order valence-electron chi connectivity index (χ2n) is 13.9. The SMILES string of the molecule is CC(C)(C)N1C/C=C\CCC(=O)OC[C@H](c2ccccc2)NC(=O)[C@H]2[C@@H]3O[C@@]4(C=C3Br)[C@@H]2C(=O)N([C@@H](CO)Cc2ccccc2)[C@@H]4C1=O. The summed E-state index contributed by atoms with van der Waals surface area (Å²) in [5.74, 6) is -3.66. The molecule has 0 aromatic heterocycles. The Bertz CT molecular complexity index is 1610. The lowest BCUT2D eigenvalue weighted by molar-refractivity contribution is -0.153. The van der Waals surface area contributed by atoms with Gasteiger partial charge in [0.05, 0.1) is 30.5 Å². The van der Waals surface area contributed by atoms with Crippen LogP contribution in [0.3, 0.4) is 0 Å². The number of likely N-dealkylation sites (tertiary alicyclic amines) is 1. The summed E-state index contributed by atoms with van der Waals surface area (Å²) in [5, 5.41) is 13.9. The van der Waals surface area contributed by atoms with Crippen LogP contribution in [0.4, 0.5) is 0 Å². The predicted octanol–water partition coefficient (Wildman–Crippen LogP) is 3.84. The molecule has 2 saturated heterocycles. The van der Waals surface area contributed by atoms with E-state index in [0.29, 0.717) is 17.3 Å². The van der Waals surface area contributed by atoms with E-state index in [9.17, 15) is 24.3 Å². The van der Waals surface area contributed by atoms with Gasteiger partial charge in [-0.2, -0.15) is 0 Å². The third kappa shape index (κ3) is 6.23. The van der Waals surface area contributed by atoms with E-state index in [1.54, 1.807) is 11.0 Å². The number of allylic oxidation sites excluding steroid dienone is 1. The first-order valence-electron chi connectivity index (χ1n) is 16.5. The number of fused-ring (bicyclic) bond motifs is 2. The molecule has 7 atom stereocenters. The number of esters is 1. The fraction of sp³-hybridized carbons (Fsp3) is 0.459. The predicted molar refractivity (Wildman–Crippen MR) is 181 cm³/mol. The van der Waals surface area contributed by atoms with Crippen LogP contribution in [0.2, 0.25) is 0 Å². The van der Waals surface area contributed by atoms with Gasteiger partial charge < -0.3 is 29.7 Å². The van der Waals surface area contributed by atoms with Gasteiger partial charge >= 0.3 is 5.97 Å². The highest BCUT2D eigenvalue weighted by atomic mass is 79.9. The fourth-order valence-electron chi connectivity index (χ4n) is 7.53. The number of carbonyl (C=O) groups is 4. The summed E-state index contributed by atoms with van der Waals surface area (Å²) in [4.78, 5) is 60.1. The number of ether oxygens (including phenoxy) is 2. The second-order valence-corrected chi connectivity index (χ2v) is 14.8. The Kier molecular flexibility index (Phi) is 9.66. The Morgan fingerprint density at radius 3 is 2.35 bits per heavy atom. The summed E-state index contributed by atoms with van der Waals surface area (Å²) < 4.78 is 12.9. The molecule has 2 N–H and O–H groups in total. The molecule has 3 amide bonds. The summed E-state index contributed by atoms with van der Waals surface area (Å²) >= 11 is 3.62. The van der Waals surface area contributed by atoms with Gasteiger partial charge in [-0.3, -0.25) is 19.2 Å². The Morgan fingerprint density at radius 1 is 1.00 bits per heavy atom. The molecule has 254 valence electrons. The minimum absolute atomic E-state index is 0.0913. The number of hydrogen-bond donors (Lipinski definition) is 2. The van der Waals surface area contributed by atoms with Crippen LogP contribution in [0.5, 0.6) is 0 Å². The molecule has 2 aromatic rings. The zero-order valence-electron chi connectivity index (χ0n) is 27.4. The molecule has 6 rings (SSSR count). The maximum Gasteiger partial charge on any atom is 0.306 e. The number of hydrogen-bond acceptors (Lipinski definition) is 7. The van der Waals surface area contributed by atoms with E-state index in [4.69, 9.17) is 9.47 Å². The van der Waals surface area contributed by atoms with Gasteiger partial charge in [0, 0.05) is 23.0 Å². The van der Waals surface area contributed by atoms with Crippen molar-refractivity contribution in [1.82, 2.24) is 15.1 Å².